The Morgan fingerprint density at radius 1 is 1.38 bits per heavy atom. The van der Waals surface area contributed by atoms with E-state index in [0.29, 0.717) is 26.2 Å². The first-order valence-electron chi connectivity index (χ1n) is 8.06. The van der Waals surface area contributed by atoms with Crippen LogP contribution in [-0.2, 0) is 14.3 Å². The predicted octanol–water partition coefficient (Wildman–Crippen LogP) is 0.624. The highest BCUT2D eigenvalue weighted by atomic mass is 16.5. The molecule has 1 aromatic rings. The third-order valence-corrected chi connectivity index (χ3v) is 3.99. The molecular weight excluding hydrogens is 310 g/mol. The average molecular weight is 335 g/mol. The van der Waals surface area contributed by atoms with Crippen molar-refractivity contribution in [1.29, 1.82) is 0 Å². The van der Waals surface area contributed by atoms with E-state index in [1.165, 1.54) is 0 Å². The van der Waals surface area contributed by atoms with E-state index in [0.717, 1.165) is 11.4 Å². The lowest BCUT2D eigenvalue weighted by Crippen LogP contribution is -2.48. The smallest absolute Gasteiger partial charge is 0.242 e. The third-order valence-electron chi connectivity index (χ3n) is 3.99. The van der Waals surface area contributed by atoms with Crippen LogP contribution in [0.5, 0.6) is 5.75 Å². The molecule has 1 atom stereocenters. The summed E-state index contributed by atoms with van der Waals surface area (Å²) >= 11 is 0. The SMILES string of the molecule is COc1ccc(N(CCC(N)=O)CC(=O)N2CCOC(C)C2)cc1. The molecule has 0 aromatic heterocycles. The summed E-state index contributed by atoms with van der Waals surface area (Å²) in [6, 6.07) is 7.39. The van der Waals surface area contributed by atoms with Gasteiger partial charge >= 0.3 is 0 Å². The first kappa shape index (κ1) is 18.1. The molecule has 1 heterocycles. The van der Waals surface area contributed by atoms with Crippen molar-refractivity contribution >= 4 is 17.5 Å². The molecular formula is C17H25N3O4. The lowest BCUT2D eigenvalue weighted by molar-refractivity contribution is -0.136. The molecule has 1 aliphatic rings. The zero-order valence-electron chi connectivity index (χ0n) is 14.2. The fraction of sp³-hybridized carbons (Fsp3) is 0.529. The predicted molar refractivity (Wildman–Crippen MR) is 91.0 cm³/mol. The molecule has 1 saturated heterocycles. The highest BCUT2D eigenvalue weighted by molar-refractivity contribution is 5.82. The number of methoxy groups -OCH3 is 1. The second-order valence-corrected chi connectivity index (χ2v) is 5.86. The third kappa shape index (κ3) is 5.13. The lowest BCUT2D eigenvalue weighted by atomic mass is 10.2. The topological polar surface area (TPSA) is 85.1 Å². The molecule has 2 amide bonds. The number of ether oxygens (including phenoxy) is 2. The largest absolute Gasteiger partial charge is 0.497 e. The van der Waals surface area contributed by atoms with Crippen molar-refractivity contribution in [2.75, 3.05) is 44.8 Å². The van der Waals surface area contributed by atoms with E-state index >= 15 is 0 Å². The summed E-state index contributed by atoms with van der Waals surface area (Å²) < 4.78 is 10.6. The number of hydrogen-bond acceptors (Lipinski definition) is 5. The summed E-state index contributed by atoms with van der Waals surface area (Å²) in [6.45, 7) is 4.28. The Morgan fingerprint density at radius 3 is 2.67 bits per heavy atom. The van der Waals surface area contributed by atoms with Gasteiger partial charge < -0.3 is 25.0 Å². The first-order valence-corrected chi connectivity index (χ1v) is 8.06. The molecule has 0 saturated carbocycles. The van der Waals surface area contributed by atoms with E-state index in [2.05, 4.69) is 0 Å². The number of hydrogen-bond donors (Lipinski definition) is 1. The Labute approximate surface area is 142 Å². The van der Waals surface area contributed by atoms with Gasteiger partial charge in [-0.1, -0.05) is 0 Å². The van der Waals surface area contributed by atoms with Crippen LogP contribution in [0.25, 0.3) is 0 Å². The molecule has 7 nitrogen and oxygen atoms in total. The highest BCUT2D eigenvalue weighted by Crippen LogP contribution is 2.20. The Hall–Kier alpha value is -2.28. The number of benzene rings is 1. The molecule has 0 radical (unpaired) electrons. The zero-order valence-corrected chi connectivity index (χ0v) is 14.2. The standard InChI is InChI=1S/C17H25N3O4/c1-13-11-20(9-10-24-13)17(22)12-19(8-7-16(18)21)14-3-5-15(23-2)6-4-14/h3-6,13H,7-12H2,1-2H3,(H2,18,21). The van der Waals surface area contributed by atoms with Crippen molar-refractivity contribution < 1.29 is 19.1 Å². The van der Waals surface area contributed by atoms with Crippen LogP contribution in [0.2, 0.25) is 0 Å². The fourth-order valence-corrected chi connectivity index (χ4v) is 2.65. The molecule has 0 aliphatic carbocycles. The second kappa shape index (κ2) is 8.54. The van der Waals surface area contributed by atoms with Gasteiger partial charge in [-0.05, 0) is 31.2 Å². The van der Waals surface area contributed by atoms with Crippen molar-refractivity contribution in [2.24, 2.45) is 5.73 Å². The van der Waals surface area contributed by atoms with Gasteiger partial charge in [0.25, 0.3) is 0 Å². The van der Waals surface area contributed by atoms with Gasteiger partial charge in [0.15, 0.2) is 0 Å². The summed E-state index contributed by atoms with van der Waals surface area (Å²) in [5.41, 5.74) is 6.11. The number of morpholine rings is 1. The molecule has 1 fully saturated rings. The van der Waals surface area contributed by atoms with Crippen LogP contribution in [0.4, 0.5) is 5.69 Å². The van der Waals surface area contributed by atoms with Gasteiger partial charge in [0.2, 0.25) is 11.8 Å². The van der Waals surface area contributed by atoms with Gasteiger partial charge in [-0.15, -0.1) is 0 Å². The molecule has 132 valence electrons. The van der Waals surface area contributed by atoms with Crippen LogP contribution < -0.4 is 15.4 Å². The molecule has 1 aliphatic heterocycles. The van der Waals surface area contributed by atoms with Crippen LogP contribution in [0.3, 0.4) is 0 Å². The zero-order chi connectivity index (χ0) is 17.5. The molecule has 2 N–H and O–H groups in total. The van der Waals surface area contributed by atoms with Crippen molar-refractivity contribution in [3.63, 3.8) is 0 Å². The normalized spacial score (nSPS) is 17.4. The minimum atomic E-state index is -0.388. The average Bonchev–Trinajstić information content (AvgIpc) is 2.58. The van der Waals surface area contributed by atoms with E-state index in [1.54, 1.807) is 12.0 Å². The van der Waals surface area contributed by atoms with Crippen LogP contribution in [0, 0.1) is 0 Å². The van der Waals surface area contributed by atoms with Gasteiger partial charge in [0, 0.05) is 31.7 Å². The highest BCUT2D eigenvalue weighted by Gasteiger charge is 2.23. The number of carbonyl (C=O) groups is 2. The minimum Gasteiger partial charge on any atom is -0.497 e. The minimum absolute atomic E-state index is 0.0189. The molecule has 0 bridgehead atoms. The van der Waals surface area contributed by atoms with Crippen molar-refractivity contribution in [1.82, 2.24) is 4.90 Å². The van der Waals surface area contributed by atoms with Gasteiger partial charge in [0.1, 0.15) is 5.75 Å². The van der Waals surface area contributed by atoms with Crippen molar-refractivity contribution in [3.8, 4) is 5.75 Å². The van der Waals surface area contributed by atoms with E-state index in [-0.39, 0.29) is 30.9 Å². The maximum atomic E-state index is 12.6. The first-order chi connectivity index (χ1) is 11.5. The Balaban J connectivity index is 2.06. The Morgan fingerprint density at radius 2 is 2.08 bits per heavy atom. The molecule has 24 heavy (non-hydrogen) atoms. The fourth-order valence-electron chi connectivity index (χ4n) is 2.65. The van der Waals surface area contributed by atoms with Crippen molar-refractivity contribution in [3.05, 3.63) is 24.3 Å². The number of primary amides is 1. The number of rotatable bonds is 7. The summed E-state index contributed by atoms with van der Waals surface area (Å²) in [7, 11) is 1.60. The van der Waals surface area contributed by atoms with Crippen LogP contribution in [0.1, 0.15) is 13.3 Å². The molecule has 2 rings (SSSR count). The van der Waals surface area contributed by atoms with Gasteiger partial charge in [0.05, 0.1) is 26.4 Å². The summed E-state index contributed by atoms with van der Waals surface area (Å²) in [6.07, 6.45) is 0.237. The monoisotopic (exact) mass is 335 g/mol. The van der Waals surface area contributed by atoms with Crippen LogP contribution in [-0.4, -0.2) is 62.7 Å². The Bertz CT molecular complexity index is 561. The van der Waals surface area contributed by atoms with Gasteiger partial charge in [-0.3, -0.25) is 9.59 Å². The van der Waals surface area contributed by atoms with Gasteiger partial charge in [-0.25, -0.2) is 0 Å². The molecule has 1 unspecified atom stereocenters. The number of amides is 2. The van der Waals surface area contributed by atoms with E-state index in [1.807, 2.05) is 36.1 Å². The van der Waals surface area contributed by atoms with E-state index in [4.69, 9.17) is 15.2 Å². The summed E-state index contributed by atoms with van der Waals surface area (Å²) in [5.74, 6) is 0.369. The van der Waals surface area contributed by atoms with E-state index in [9.17, 15) is 9.59 Å². The second-order valence-electron chi connectivity index (χ2n) is 5.86. The van der Waals surface area contributed by atoms with Gasteiger partial charge in [-0.2, -0.15) is 0 Å². The quantitative estimate of drug-likeness (QED) is 0.790. The number of carbonyl (C=O) groups excluding carboxylic acids is 2. The summed E-state index contributed by atoms with van der Waals surface area (Å²) in [5, 5.41) is 0. The summed E-state index contributed by atoms with van der Waals surface area (Å²) in [4.78, 5) is 27.4. The maximum Gasteiger partial charge on any atom is 0.242 e. The molecule has 0 spiro atoms. The number of anilines is 1. The van der Waals surface area contributed by atoms with E-state index < -0.39 is 0 Å². The van der Waals surface area contributed by atoms with Crippen LogP contribution >= 0.6 is 0 Å². The number of nitrogens with zero attached hydrogens (tertiary/aromatic N) is 2. The Kier molecular flexibility index (Phi) is 6.43. The van der Waals surface area contributed by atoms with Crippen molar-refractivity contribution in [2.45, 2.75) is 19.4 Å². The lowest BCUT2D eigenvalue weighted by Gasteiger charge is -2.33. The van der Waals surface area contributed by atoms with Crippen LogP contribution in [0.15, 0.2) is 24.3 Å². The number of nitrogens with two attached hydrogens (primary N) is 1. The molecule has 1 aromatic carbocycles. The molecule has 7 heteroatoms. The maximum absolute atomic E-state index is 12.6.